The second kappa shape index (κ2) is 5.79. The minimum atomic E-state index is -3.95. The summed E-state index contributed by atoms with van der Waals surface area (Å²) in [5.41, 5.74) is 0.944. The summed E-state index contributed by atoms with van der Waals surface area (Å²) in [6, 6.07) is 3.02. The van der Waals surface area contributed by atoms with Gasteiger partial charge in [-0.2, -0.15) is 0 Å². The van der Waals surface area contributed by atoms with E-state index in [0.29, 0.717) is 11.3 Å². The smallest absolute Gasteiger partial charge is 0.265 e. The number of carbonyl (C=O) groups excluding carboxylic acids is 1. The van der Waals surface area contributed by atoms with Crippen molar-refractivity contribution in [3.63, 3.8) is 0 Å². The third-order valence-corrected chi connectivity index (χ3v) is 3.78. The number of nitrogens with one attached hydrogen (secondary N) is 1. The Bertz CT molecular complexity index is 596. The fourth-order valence-electron chi connectivity index (χ4n) is 1.50. The number of amides is 1. The van der Waals surface area contributed by atoms with Gasteiger partial charge in [0.1, 0.15) is 4.90 Å². The molecule has 0 aliphatic rings. The Kier molecular flexibility index (Phi) is 4.81. The summed E-state index contributed by atoms with van der Waals surface area (Å²) >= 11 is 0. The first-order valence-corrected chi connectivity index (χ1v) is 7.92. The number of methoxy groups -OCH3 is 1. The van der Waals surface area contributed by atoms with Gasteiger partial charge in [-0.1, -0.05) is 13.8 Å². The van der Waals surface area contributed by atoms with E-state index in [9.17, 15) is 13.2 Å². The monoisotopic (exact) mass is 305 g/mol. The van der Waals surface area contributed by atoms with Crippen molar-refractivity contribution in [3.8, 4) is 5.75 Å². The zero-order valence-electron chi connectivity index (χ0n) is 11.2. The van der Waals surface area contributed by atoms with E-state index >= 15 is 0 Å². The molecule has 0 saturated heterocycles. The van der Waals surface area contributed by atoms with Crippen LogP contribution in [0.15, 0.2) is 17.0 Å². The largest absolute Gasteiger partial charge is 0.493 e. The second-order valence-corrected chi connectivity index (χ2v) is 6.96. The first-order valence-electron chi connectivity index (χ1n) is 5.61. The van der Waals surface area contributed by atoms with Gasteiger partial charge in [0.2, 0.25) is 5.91 Å². The normalized spacial score (nSPS) is 11.5. The fraction of sp³-hybridized carbons (Fsp3) is 0.417. The average Bonchev–Trinajstić information content (AvgIpc) is 2.26. The molecule has 19 heavy (non-hydrogen) atoms. The van der Waals surface area contributed by atoms with E-state index < -0.39 is 9.05 Å². The minimum absolute atomic E-state index is 0.0367. The van der Waals surface area contributed by atoms with Gasteiger partial charge in [0, 0.05) is 16.6 Å². The molecular formula is C12H16ClNO4S. The number of rotatable bonds is 4. The molecule has 1 N–H and O–H groups in total. The van der Waals surface area contributed by atoms with Gasteiger partial charge in [0.25, 0.3) is 9.05 Å². The zero-order chi connectivity index (χ0) is 14.8. The molecule has 0 aromatic heterocycles. The van der Waals surface area contributed by atoms with Gasteiger partial charge < -0.3 is 10.1 Å². The van der Waals surface area contributed by atoms with Gasteiger partial charge in [0.05, 0.1) is 12.8 Å². The molecule has 0 unspecified atom stereocenters. The predicted octanol–water partition coefficient (Wildman–Crippen LogP) is 2.53. The maximum Gasteiger partial charge on any atom is 0.265 e. The van der Waals surface area contributed by atoms with Gasteiger partial charge in [-0.15, -0.1) is 0 Å². The summed E-state index contributed by atoms with van der Waals surface area (Å²) in [6.45, 7) is 5.17. The van der Waals surface area contributed by atoms with Crippen LogP contribution in [-0.2, 0) is 13.8 Å². The third kappa shape index (κ3) is 3.84. The minimum Gasteiger partial charge on any atom is -0.493 e. The van der Waals surface area contributed by atoms with Crippen molar-refractivity contribution in [2.45, 2.75) is 25.7 Å². The lowest BCUT2D eigenvalue weighted by atomic mass is 10.1. The highest BCUT2D eigenvalue weighted by atomic mass is 35.7. The number of benzene rings is 1. The van der Waals surface area contributed by atoms with Crippen molar-refractivity contribution in [3.05, 3.63) is 17.7 Å². The van der Waals surface area contributed by atoms with E-state index in [2.05, 4.69) is 5.32 Å². The van der Waals surface area contributed by atoms with Crippen molar-refractivity contribution in [1.29, 1.82) is 0 Å². The van der Waals surface area contributed by atoms with Crippen LogP contribution in [0.25, 0.3) is 0 Å². The molecule has 0 spiro atoms. The lowest BCUT2D eigenvalue weighted by molar-refractivity contribution is -0.118. The van der Waals surface area contributed by atoms with Crippen LogP contribution in [-0.4, -0.2) is 21.4 Å². The molecule has 0 bridgehead atoms. The number of ether oxygens (including phenoxy) is 1. The van der Waals surface area contributed by atoms with E-state index in [1.807, 2.05) is 0 Å². The van der Waals surface area contributed by atoms with Crippen LogP contribution in [0.2, 0.25) is 0 Å². The van der Waals surface area contributed by atoms with Crippen LogP contribution >= 0.6 is 10.7 Å². The maximum absolute atomic E-state index is 11.7. The standard InChI is InChI=1S/C12H16ClNO4S/c1-7(2)12(15)14-9-5-8(3)6-10(11(9)18-4)19(13,16)17/h5-7H,1-4H3,(H,14,15). The van der Waals surface area contributed by atoms with Gasteiger partial charge in [-0.25, -0.2) is 8.42 Å². The molecule has 0 aliphatic heterocycles. The van der Waals surface area contributed by atoms with Gasteiger partial charge in [0.15, 0.2) is 5.75 Å². The number of carbonyl (C=O) groups is 1. The summed E-state index contributed by atoms with van der Waals surface area (Å²) in [6.07, 6.45) is 0. The lowest BCUT2D eigenvalue weighted by Crippen LogP contribution is -2.18. The Morgan fingerprint density at radius 2 is 1.95 bits per heavy atom. The Hall–Kier alpha value is -1.27. The van der Waals surface area contributed by atoms with E-state index in [-0.39, 0.29) is 22.5 Å². The van der Waals surface area contributed by atoms with Crippen LogP contribution in [0.4, 0.5) is 5.69 Å². The predicted molar refractivity (Wildman–Crippen MR) is 74.2 cm³/mol. The Morgan fingerprint density at radius 1 is 1.37 bits per heavy atom. The summed E-state index contributed by atoms with van der Waals surface area (Å²) in [5, 5.41) is 2.63. The number of aryl methyl sites for hydroxylation is 1. The first kappa shape index (κ1) is 15.8. The molecule has 1 rings (SSSR count). The molecule has 0 heterocycles. The first-order chi connectivity index (χ1) is 8.66. The summed E-state index contributed by atoms with van der Waals surface area (Å²) < 4.78 is 28.1. The number of hydrogen-bond acceptors (Lipinski definition) is 4. The molecule has 0 fully saturated rings. The van der Waals surface area contributed by atoms with Crippen molar-refractivity contribution in [2.24, 2.45) is 5.92 Å². The molecule has 0 radical (unpaired) electrons. The number of hydrogen-bond donors (Lipinski definition) is 1. The van der Waals surface area contributed by atoms with Gasteiger partial charge in [-0.3, -0.25) is 4.79 Å². The van der Waals surface area contributed by atoms with E-state index in [0.717, 1.165) is 0 Å². The van der Waals surface area contributed by atoms with Crippen molar-refractivity contribution in [2.75, 3.05) is 12.4 Å². The SMILES string of the molecule is COc1c(NC(=O)C(C)C)cc(C)cc1S(=O)(=O)Cl. The Balaban J connectivity index is 3.40. The molecule has 0 saturated carbocycles. The zero-order valence-corrected chi connectivity index (χ0v) is 12.7. The molecule has 7 heteroatoms. The van der Waals surface area contributed by atoms with Crippen LogP contribution in [0.1, 0.15) is 19.4 Å². The maximum atomic E-state index is 11.7. The van der Waals surface area contributed by atoms with Crippen LogP contribution in [0, 0.1) is 12.8 Å². The summed E-state index contributed by atoms with van der Waals surface area (Å²) in [7, 11) is 2.74. The van der Waals surface area contributed by atoms with Crippen molar-refractivity contribution < 1.29 is 17.9 Å². The second-order valence-electron chi connectivity index (χ2n) is 4.43. The quantitative estimate of drug-likeness (QED) is 0.868. The van der Waals surface area contributed by atoms with E-state index in [1.165, 1.54) is 13.2 Å². The van der Waals surface area contributed by atoms with Crippen LogP contribution < -0.4 is 10.1 Å². The van der Waals surface area contributed by atoms with Crippen LogP contribution in [0.5, 0.6) is 5.75 Å². The Labute approximate surface area is 117 Å². The number of halogens is 1. The molecule has 106 valence electrons. The average molecular weight is 306 g/mol. The molecule has 1 aromatic carbocycles. The molecule has 1 aromatic rings. The van der Waals surface area contributed by atoms with Gasteiger partial charge >= 0.3 is 0 Å². The van der Waals surface area contributed by atoms with E-state index in [1.54, 1.807) is 26.8 Å². The van der Waals surface area contributed by atoms with Crippen molar-refractivity contribution >= 4 is 31.3 Å². The summed E-state index contributed by atoms with van der Waals surface area (Å²) in [5.74, 6) is -0.433. The third-order valence-electron chi connectivity index (χ3n) is 2.45. The highest BCUT2D eigenvalue weighted by molar-refractivity contribution is 8.13. The van der Waals surface area contributed by atoms with E-state index in [4.69, 9.17) is 15.4 Å². The molecule has 5 nitrogen and oxygen atoms in total. The number of anilines is 1. The molecule has 0 atom stereocenters. The lowest BCUT2D eigenvalue weighted by Gasteiger charge is -2.15. The fourth-order valence-corrected chi connectivity index (χ4v) is 2.59. The molecular weight excluding hydrogens is 290 g/mol. The molecule has 0 aliphatic carbocycles. The Morgan fingerprint density at radius 3 is 2.37 bits per heavy atom. The molecule has 1 amide bonds. The topological polar surface area (TPSA) is 72.5 Å². The van der Waals surface area contributed by atoms with Crippen LogP contribution in [0.3, 0.4) is 0 Å². The van der Waals surface area contributed by atoms with Gasteiger partial charge in [-0.05, 0) is 24.6 Å². The summed E-state index contributed by atoms with van der Waals surface area (Å²) in [4.78, 5) is 11.5. The highest BCUT2D eigenvalue weighted by Gasteiger charge is 2.22. The highest BCUT2D eigenvalue weighted by Crippen LogP contribution is 2.35. The van der Waals surface area contributed by atoms with Crippen molar-refractivity contribution in [1.82, 2.24) is 0 Å².